The number of benzene rings is 3. The fourth-order valence-electron chi connectivity index (χ4n) is 5.52. The van der Waals surface area contributed by atoms with Gasteiger partial charge in [-0.1, -0.05) is 24.3 Å². The van der Waals surface area contributed by atoms with Crippen LogP contribution in [0.3, 0.4) is 0 Å². The maximum atomic E-state index is 13.9. The highest BCUT2D eigenvalue weighted by atomic mass is 16.4. The van der Waals surface area contributed by atoms with Crippen molar-refractivity contribution in [2.75, 3.05) is 4.90 Å². The second kappa shape index (κ2) is 9.25. The molecule has 4 atom stereocenters. The number of nitriles is 1. The van der Waals surface area contributed by atoms with Gasteiger partial charge < -0.3 is 10.2 Å². The first-order valence-corrected chi connectivity index (χ1v) is 11.9. The van der Waals surface area contributed by atoms with E-state index in [2.05, 4.69) is 5.32 Å². The van der Waals surface area contributed by atoms with Crippen molar-refractivity contribution in [2.24, 2.45) is 11.8 Å². The zero-order chi connectivity index (χ0) is 27.2. The van der Waals surface area contributed by atoms with Crippen molar-refractivity contribution in [3.63, 3.8) is 0 Å². The quantitative estimate of drug-likeness (QED) is 0.339. The number of aliphatic carboxylic acids is 1. The Bertz CT molecular complexity index is 1490. The van der Waals surface area contributed by atoms with Crippen molar-refractivity contribution in [1.29, 1.82) is 5.26 Å². The first-order chi connectivity index (χ1) is 18.2. The van der Waals surface area contributed by atoms with Crippen LogP contribution in [0.4, 0.5) is 5.69 Å². The third-order valence-electron chi connectivity index (χ3n) is 7.39. The number of carboxylic acids is 1. The van der Waals surface area contributed by atoms with Crippen molar-refractivity contribution in [1.82, 2.24) is 5.32 Å². The van der Waals surface area contributed by atoms with E-state index >= 15 is 0 Å². The molecule has 2 amide bonds. The molecule has 5 rings (SSSR count). The van der Waals surface area contributed by atoms with Crippen LogP contribution in [0.15, 0.2) is 72.8 Å². The minimum Gasteiger partial charge on any atom is -0.508 e. The molecule has 0 saturated carbocycles. The van der Waals surface area contributed by atoms with Gasteiger partial charge in [0.05, 0.1) is 29.2 Å². The molecule has 3 aromatic rings. The number of hydrogen-bond acceptors (Lipinski definition) is 7. The van der Waals surface area contributed by atoms with E-state index in [1.165, 1.54) is 43.3 Å². The highest BCUT2D eigenvalue weighted by Crippen LogP contribution is 2.51. The number of nitrogens with zero attached hydrogens (tertiary/aromatic N) is 2. The van der Waals surface area contributed by atoms with Crippen LogP contribution in [0.25, 0.3) is 0 Å². The van der Waals surface area contributed by atoms with Gasteiger partial charge in [0.2, 0.25) is 11.8 Å². The Labute approximate surface area is 217 Å². The van der Waals surface area contributed by atoms with Crippen LogP contribution < -0.4 is 10.2 Å². The second-order valence-corrected chi connectivity index (χ2v) is 9.59. The maximum Gasteiger partial charge on any atom is 0.325 e. The average Bonchev–Trinajstić information content (AvgIpc) is 3.39. The number of aromatic hydroxyl groups is 1. The Morgan fingerprint density at radius 3 is 2.16 bits per heavy atom. The maximum absolute atomic E-state index is 13.9. The molecule has 2 aliphatic heterocycles. The third-order valence-corrected chi connectivity index (χ3v) is 7.39. The SMILES string of the molecule is CC(=O)c1ccc(N2C(=O)C3C(c4ccc(C#N)cc4)NC(Cc4ccc(O)cc4)(C(=O)O)C3C2=O)cc1. The average molecular weight is 510 g/mol. The molecule has 2 fully saturated rings. The molecule has 3 N–H and O–H groups in total. The molecule has 0 aliphatic carbocycles. The van der Waals surface area contributed by atoms with Crippen LogP contribution in [0.5, 0.6) is 5.75 Å². The zero-order valence-corrected chi connectivity index (χ0v) is 20.3. The largest absolute Gasteiger partial charge is 0.508 e. The smallest absolute Gasteiger partial charge is 0.325 e. The van der Waals surface area contributed by atoms with Gasteiger partial charge in [0.15, 0.2) is 5.78 Å². The molecule has 4 unspecified atom stereocenters. The van der Waals surface area contributed by atoms with Crippen molar-refractivity contribution < 1.29 is 29.4 Å². The predicted molar refractivity (Wildman–Crippen MR) is 135 cm³/mol. The van der Waals surface area contributed by atoms with E-state index in [9.17, 15) is 34.7 Å². The molecule has 2 heterocycles. The number of rotatable bonds is 6. The van der Waals surface area contributed by atoms with Gasteiger partial charge in [0.25, 0.3) is 0 Å². The summed E-state index contributed by atoms with van der Waals surface area (Å²) in [5.74, 6) is -4.92. The van der Waals surface area contributed by atoms with Gasteiger partial charge in [-0.15, -0.1) is 0 Å². The summed E-state index contributed by atoms with van der Waals surface area (Å²) in [4.78, 5) is 53.4. The number of phenolic OH excluding ortho intramolecular Hbond substituents is 1. The third kappa shape index (κ3) is 3.92. The van der Waals surface area contributed by atoms with Gasteiger partial charge in [-0.3, -0.25) is 24.5 Å². The number of carbonyl (C=O) groups excluding carboxylic acids is 3. The molecule has 9 nitrogen and oxygen atoms in total. The van der Waals surface area contributed by atoms with Crippen LogP contribution >= 0.6 is 0 Å². The normalized spacial score (nSPS) is 24.2. The minimum absolute atomic E-state index is 0.0122. The Morgan fingerprint density at radius 2 is 1.61 bits per heavy atom. The van der Waals surface area contributed by atoms with E-state index in [4.69, 9.17) is 0 Å². The minimum atomic E-state index is -1.83. The number of Topliss-reactive ketones (excluding diaryl/α,β-unsaturated/α-hetero) is 1. The highest BCUT2D eigenvalue weighted by Gasteiger charge is 2.68. The monoisotopic (exact) mass is 509 g/mol. The van der Waals surface area contributed by atoms with E-state index in [0.717, 1.165) is 4.90 Å². The Morgan fingerprint density at radius 1 is 0.974 bits per heavy atom. The number of imide groups is 1. The number of nitrogens with one attached hydrogen (secondary N) is 1. The van der Waals surface area contributed by atoms with Crippen molar-refractivity contribution >= 4 is 29.3 Å². The van der Waals surface area contributed by atoms with E-state index in [1.807, 2.05) is 6.07 Å². The zero-order valence-electron chi connectivity index (χ0n) is 20.3. The molecule has 9 heteroatoms. The number of ketones is 1. The summed E-state index contributed by atoms with van der Waals surface area (Å²) in [6, 6.07) is 19.7. The van der Waals surface area contributed by atoms with Crippen molar-refractivity contribution in [3.8, 4) is 11.8 Å². The Kier molecular flexibility index (Phi) is 6.05. The van der Waals surface area contributed by atoms with Gasteiger partial charge in [0.1, 0.15) is 11.3 Å². The number of carboxylic acid groups (broad SMARTS) is 1. The molecule has 2 aliphatic rings. The molecule has 2 saturated heterocycles. The first-order valence-electron chi connectivity index (χ1n) is 11.9. The Hall–Kier alpha value is -4.81. The van der Waals surface area contributed by atoms with Gasteiger partial charge in [0, 0.05) is 18.0 Å². The number of hydrogen-bond donors (Lipinski definition) is 3. The summed E-state index contributed by atoms with van der Waals surface area (Å²) >= 11 is 0. The Balaban J connectivity index is 1.63. The van der Waals surface area contributed by atoms with E-state index in [1.54, 1.807) is 36.4 Å². The predicted octanol–water partition coefficient (Wildman–Crippen LogP) is 2.98. The van der Waals surface area contributed by atoms with Gasteiger partial charge in [-0.05, 0) is 66.6 Å². The van der Waals surface area contributed by atoms with Crippen LogP contribution in [0.1, 0.15) is 40.0 Å². The molecular formula is C29H23N3O6. The number of phenols is 1. The van der Waals surface area contributed by atoms with Gasteiger partial charge in [-0.2, -0.15) is 5.26 Å². The molecule has 0 spiro atoms. The number of amides is 2. The molecule has 0 bridgehead atoms. The van der Waals surface area contributed by atoms with E-state index < -0.39 is 41.2 Å². The molecule has 3 aromatic carbocycles. The lowest BCUT2D eigenvalue weighted by Crippen LogP contribution is -2.57. The van der Waals surface area contributed by atoms with Crippen LogP contribution in [0.2, 0.25) is 0 Å². The summed E-state index contributed by atoms with van der Waals surface area (Å²) in [7, 11) is 0. The molecule has 0 aromatic heterocycles. The summed E-state index contributed by atoms with van der Waals surface area (Å²) < 4.78 is 0. The van der Waals surface area contributed by atoms with Gasteiger partial charge in [-0.25, -0.2) is 4.90 Å². The second-order valence-electron chi connectivity index (χ2n) is 9.59. The number of carbonyl (C=O) groups is 4. The summed E-state index contributed by atoms with van der Waals surface area (Å²) in [6.45, 7) is 1.41. The lowest BCUT2D eigenvalue weighted by molar-refractivity contribution is -0.148. The van der Waals surface area contributed by atoms with E-state index in [-0.39, 0.29) is 23.6 Å². The van der Waals surface area contributed by atoms with Crippen molar-refractivity contribution in [2.45, 2.75) is 24.9 Å². The summed E-state index contributed by atoms with van der Waals surface area (Å²) in [6.07, 6.45) is -0.118. The van der Waals surface area contributed by atoms with Crippen LogP contribution in [-0.2, 0) is 20.8 Å². The topological polar surface area (TPSA) is 148 Å². The lowest BCUT2D eigenvalue weighted by atomic mass is 9.76. The lowest BCUT2D eigenvalue weighted by Gasteiger charge is -2.31. The fraction of sp³-hybridized carbons (Fsp3) is 0.207. The molecule has 190 valence electrons. The van der Waals surface area contributed by atoms with Crippen molar-refractivity contribution in [3.05, 3.63) is 95.1 Å². The highest BCUT2D eigenvalue weighted by molar-refractivity contribution is 6.24. The summed E-state index contributed by atoms with van der Waals surface area (Å²) in [5, 5.41) is 32.6. The molecule has 38 heavy (non-hydrogen) atoms. The number of anilines is 1. The van der Waals surface area contributed by atoms with E-state index in [0.29, 0.717) is 22.3 Å². The number of fused-ring (bicyclic) bond motifs is 1. The first kappa shape index (κ1) is 24.9. The van der Waals surface area contributed by atoms with Gasteiger partial charge >= 0.3 is 5.97 Å². The molecule has 0 radical (unpaired) electrons. The van der Waals surface area contributed by atoms with Crippen LogP contribution in [-0.4, -0.2) is 39.3 Å². The summed E-state index contributed by atoms with van der Waals surface area (Å²) in [5.41, 5.74) is 0.363. The molecular weight excluding hydrogens is 486 g/mol. The fourth-order valence-corrected chi connectivity index (χ4v) is 5.52. The van der Waals surface area contributed by atoms with Crippen LogP contribution in [0, 0.1) is 23.2 Å². The standard InChI is InChI=1S/C29H23N3O6/c1-16(33)19-8-10-21(11-9-19)32-26(35)23-24(27(32)36)29(28(37)38,14-17-4-12-22(34)13-5-17)31-25(23)20-6-2-18(15-30)3-7-20/h2-13,23-25,31,34H,14H2,1H3,(H,37,38).